The molecule has 0 radical (unpaired) electrons. The van der Waals surface area contributed by atoms with Gasteiger partial charge >= 0.3 is 0 Å². The Labute approximate surface area is 231 Å². The Morgan fingerprint density at radius 2 is 1.76 bits per heavy atom. The number of aliphatic hydroxyl groups is 1. The van der Waals surface area contributed by atoms with Crippen molar-refractivity contribution in [2.75, 3.05) is 6.61 Å². The van der Waals surface area contributed by atoms with Crippen molar-refractivity contribution in [3.8, 4) is 0 Å². The Balaban J connectivity index is 1.38. The van der Waals surface area contributed by atoms with Gasteiger partial charge in [-0.1, -0.05) is 76.8 Å². The topological polar surface area (TPSA) is 63.6 Å². The van der Waals surface area contributed by atoms with Gasteiger partial charge in [-0.25, -0.2) is 0 Å². The lowest BCUT2D eigenvalue weighted by Crippen LogP contribution is -2.53. The SMILES string of the molecule is CC(C)CCC[C@@H](C)[C@H]1CC[C@H]2[C@@H]3CC=C4CC(O)CC[C@]4(COS(=O)(=O)c4ccccc4)[C@H]3CC[C@]12C. The predicted molar refractivity (Wildman–Crippen MR) is 153 cm³/mol. The van der Waals surface area contributed by atoms with E-state index >= 15 is 0 Å². The van der Waals surface area contributed by atoms with E-state index in [1.807, 2.05) is 6.07 Å². The van der Waals surface area contributed by atoms with Crippen LogP contribution in [0.25, 0.3) is 0 Å². The summed E-state index contributed by atoms with van der Waals surface area (Å²) < 4.78 is 32.2. The van der Waals surface area contributed by atoms with E-state index in [1.54, 1.807) is 24.3 Å². The molecular formula is C33H50O4S. The summed E-state index contributed by atoms with van der Waals surface area (Å²) in [5.74, 6) is 4.08. The number of rotatable bonds is 9. The fourth-order valence-electron chi connectivity index (χ4n) is 9.57. The van der Waals surface area contributed by atoms with Gasteiger partial charge in [0.1, 0.15) is 0 Å². The van der Waals surface area contributed by atoms with Crippen molar-refractivity contribution in [2.45, 2.75) is 109 Å². The smallest absolute Gasteiger partial charge is 0.297 e. The highest BCUT2D eigenvalue weighted by Gasteiger charge is 2.60. The molecule has 4 aliphatic carbocycles. The fraction of sp³-hybridized carbons (Fsp3) is 0.758. The second kappa shape index (κ2) is 11.0. The summed E-state index contributed by atoms with van der Waals surface area (Å²) in [5, 5.41) is 10.6. The van der Waals surface area contributed by atoms with Crippen molar-refractivity contribution in [3.05, 3.63) is 42.0 Å². The summed E-state index contributed by atoms with van der Waals surface area (Å²) in [4.78, 5) is 0.228. The average molecular weight is 543 g/mol. The van der Waals surface area contributed by atoms with E-state index in [0.29, 0.717) is 29.6 Å². The molecule has 0 aliphatic heterocycles. The van der Waals surface area contributed by atoms with Crippen LogP contribution < -0.4 is 0 Å². The molecule has 1 aromatic carbocycles. The highest BCUT2D eigenvalue weighted by Crippen LogP contribution is 2.67. The molecule has 4 nitrogen and oxygen atoms in total. The number of hydrogen-bond acceptors (Lipinski definition) is 4. The lowest BCUT2D eigenvalue weighted by molar-refractivity contribution is -0.0755. The molecule has 0 heterocycles. The summed E-state index contributed by atoms with van der Waals surface area (Å²) in [7, 11) is -3.82. The first kappa shape index (κ1) is 28.4. The van der Waals surface area contributed by atoms with E-state index in [0.717, 1.165) is 43.4 Å². The third-order valence-electron chi connectivity index (χ3n) is 11.5. The molecule has 4 aliphatic rings. The van der Waals surface area contributed by atoms with E-state index < -0.39 is 10.1 Å². The van der Waals surface area contributed by atoms with Crippen LogP contribution in [0.15, 0.2) is 46.9 Å². The first-order valence-corrected chi connectivity index (χ1v) is 16.8. The van der Waals surface area contributed by atoms with Crippen LogP contribution in [0, 0.1) is 46.3 Å². The lowest BCUT2D eigenvalue weighted by Gasteiger charge is -2.59. The Kier molecular flexibility index (Phi) is 8.22. The largest absolute Gasteiger partial charge is 0.393 e. The maximum atomic E-state index is 13.2. The molecule has 1 N–H and O–H groups in total. The molecule has 8 atom stereocenters. The zero-order valence-electron chi connectivity index (χ0n) is 24.1. The highest BCUT2D eigenvalue weighted by atomic mass is 32.2. The van der Waals surface area contributed by atoms with E-state index in [2.05, 4.69) is 33.8 Å². The second-order valence-corrected chi connectivity index (χ2v) is 15.6. The molecule has 212 valence electrons. The summed E-state index contributed by atoms with van der Waals surface area (Å²) >= 11 is 0. The molecule has 0 aromatic heterocycles. The predicted octanol–water partition coefficient (Wildman–Crippen LogP) is 7.77. The number of hydrogen-bond donors (Lipinski definition) is 1. The third-order valence-corrected chi connectivity index (χ3v) is 12.8. The van der Waals surface area contributed by atoms with Crippen molar-refractivity contribution in [1.82, 2.24) is 0 Å². The molecule has 5 heteroatoms. The molecule has 1 aromatic rings. The van der Waals surface area contributed by atoms with Gasteiger partial charge in [0.05, 0.1) is 17.6 Å². The maximum Gasteiger partial charge on any atom is 0.297 e. The van der Waals surface area contributed by atoms with Crippen LogP contribution in [0.2, 0.25) is 0 Å². The average Bonchev–Trinajstić information content (AvgIpc) is 3.25. The quantitative estimate of drug-likeness (QED) is 0.256. The molecule has 1 unspecified atom stereocenters. The number of benzene rings is 1. The van der Waals surface area contributed by atoms with Crippen LogP contribution in [0.1, 0.15) is 98.3 Å². The van der Waals surface area contributed by atoms with E-state index in [1.165, 1.54) is 44.1 Å². The van der Waals surface area contributed by atoms with Crippen LogP contribution in [0.4, 0.5) is 0 Å². The first-order chi connectivity index (χ1) is 18.1. The van der Waals surface area contributed by atoms with Crippen molar-refractivity contribution < 1.29 is 17.7 Å². The van der Waals surface area contributed by atoms with Gasteiger partial charge in [-0.05, 0) is 104 Å². The van der Waals surface area contributed by atoms with Crippen LogP contribution in [-0.4, -0.2) is 26.2 Å². The number of aliphatic hydroxyl groups excluding tert-OH is 1. The van der Waals surface area contributed by atoms with E-state index in [-0.39, 0.29) is 23.0 Å². The zero-order chi connectivity index (χ0) is 27.1. The molecule has 0 bridgehead atoms. The standard InChI is InChI=1S/C33H50O4S/c1-23(2)9-8-10-24(3)29-15-16-30-28-14-13-25-21-26(34)17-20-33(25,31(28)18-19-32(29,30)4)22-37-38(35,36)27-11-6-5-7-12-27/h5-7,11-13,23-24,26,28-31,34H,8-10,14-22H2,1-4H3/t24-,26?,28+,29-,30+,31+,32-,33-/m1/s1. The van der Waals surface area contributed by atoms with E-state index in [9.17, 15) is 13.5 Å². The minimum Gasteiger partial charge on any atom is -0.393 e. The number of allylic oxidation sites excluding steroid dienone is 1. The summed E-state index contributed by atoms with van der Waals surface area (Å²) in [6, 6.07) is 8.55. The van der Waals surface area contributed by atoms with Gasteiger partial charge < -0.3 is 5.11 Å². The Morgan fingerprint density at radius 3 is 2.50 bits per heavy atom. The van der Waals surface area contributed by atoms with Gasteiger partial charge in [0.2, 0.25) is 0 Å². The summed E-state index contributed by atoms with van der Waals surface area (Å²) in [6.45, 7) is 9.98. The van der Waals surface area contributed by atoms with Gasteiger partial charge in [0, 0.05) is 5.41 Å². The van der Waals surface area contributed by atoms with Crippen LogP contribution in [0.5, 0.6) is 0 Å². The van der Waals surface area contributed by atoms with Crippen LogP contribution in [-0.2, 0) is 14.3 Å². The molecule has 5 rings (SSSR count). The van der Waals surface area contributed by atoms with Gasteiger partial charge in [0.15, 0.2) is 0 Å². The Bertz CT molecular complexity index is 1100. The molecule has 3 fully saturated rings. The van der Waals surface area contributed by atoms with Crippen molar-refractivity contribution >= 4 is 10.1 Å². The van der Waals surface area contributed by atoms with Gasteiger partial charge in [-0.2, -0.15) is 8.42 Å². The van der Waals surface area contributed by atoms with Crippen molar-refractivity contribution in [1.29, 1.82) is 0 Å². The maximum absolute atomic E-state index is 13.2. The van der Waals surface area contributed by atoms with Crippen LogP contribution >= 0.6 is 0 Å². The minimum absolute atomic E-state index is 0.211. The van der Waals surface area contributed by atoms with Gasteiger partial charge in [0.25, 0.3) is 10.1 Å². The lowest BCUT2D eigenvalue weighted by atomic mass is 9.46. The Hall–Kier alpha value is -1.17. The van der Waals surface area contributed by atoms with Crippen molar-refractivity contribution in [2.24, 2.45) is 46.3 Å². The second-order valence-electron chi connectivity index (χ2n) is 14.0. The highest BCUT2D eigenvalue weighted by molar-refractivity contribution is 7.86. The molecular weight excluding hydrogens is 492 g/mol. The monoisotopic (exact) mass is 542 g/mol. The molecule has 0 amide bonds. The zero-order valence-corrected chi connectivity index (χ0v) is 24.9. The van der Waals surface area contributed by atoms with E-state index in [4.69, 9.17) is 4.18 Å². The van der Waals surface area contributed by atoms with Gasteiger partial charge in [-0.3, -0.25) is 4.18 Å². The summed E-state index contributed by atoms with van der Waals surface area (Å²) in [6.07, 6.45) is 14.4. The Morgan fingerprint density at radius 1 is 1.00 bits per heavy atom. The van der Waals surface area contributed by atoms with Crippen LogP contribution in [0.3, 0.4) is 0 Å². The number of fused-ring (bicyclic) bond motifs is 5. The summed E-state index contributed by atoms with van der Waals surface area (Å²) in [5.41, 5.74) is 1.38. The molecule has 38 heavy (non-hydrogen) atoms. The molecule has 3 saturated carbocycles. The molecule has 0 saturated heterocycles. The third kappa shape index (κ3) is 5.17. The van der Waals surface area contributed by atoms with Gasteiger partial charge in [-0.15, -0.1) is 0 Å². The molecule has 0 spiro atoms. The fourth-order valence-corrected chi connectivity index (χ4v) is 10.6. The normalized spacial score (nSPS) is 37.7. The first-order valence-electron chi connectivity index (χ1n) is 15.4. The van der Waals surface area contributed by atoms with Crippen molar-refractivity contribution in [3.63, 3.8) is 0 Å². The minimum atomic E-state index is -3.82.